The molecule has 0 radical (unpaired) electrons. The van der Waals surface area contributed by atoms with Crippen LogP contribution in [-0.4, -0.2) is 0 Å². The first-order valence-corrected chi connectivity index (χ1v) is 8.65. The van der Waals surface area contributed by atoms with E-state index in [1.54, 1.807) is 0 Å². The van der Waals surface area contributed by atoms with Crippen molar-refractivity contribution in [1.82, 2.24) is 0 Å². The Hall–Kier alpha value is 0. The highest BCUT2D eigenvalue weighted by Gasteiger charge is 2.23. The molecule has 0 aromatic heterocycles. The van der Waals surface area contributed by atoms with Crippen molar-refractivity contribution in [3.63, 3.8) is 0 Å². The molecule has 3 unspecified atom stereocenters. The van der Waals surface area contributed by atoms with E-state index in [1.165, 1.54) is 51.4 Å². The lowest BCUT2D eigenvalue weighted by Crippen LogP contribution is -2.20. The van der Waals surface area contributed by atoms with Gasteiger partial charge in [0.1, 0.15) is 0 Å². The lowest BCUT2D eigenvalue weighted by Gasteiger charge is -2.31. The molecule has 1 fully saturated rings. The molecular weight excluding hydrogens is 216 g/mol. The van der Waals surface area contributed by atoms with Crippen LogP contribution >= 0.6 is 0 Å². The van der Waals surface area contributed by atoms with Crippen LogP contribution in [0.15, 0.2) is 0 Å². The SMILES string of the molecule is CC.CCC1CC(C)CCC1C.CCCCCC. The summed E-state index contributed by atoms with van der Waals surface area (Å²) < 4.78 is 0. The molecule has 1 saturated carbocycles. The van der Waals surface area contributed by atoms with Crippen LogP contribution in [-0.2, 0) is 0 Å². The van der Waals surface area contributed by atoms with Gasteiger partial charge < -0.3 is 0 Å². The summed E-state index contributed by atoms with van der Waals surface area (Å²) in [6.07, 6.45) is 11.4. The van der Waals surface area contributed by atoms with Gasteiger partial charge in [-0.1, -0.05) is 93.4 Å². The summed E-state index contributed by atoms with van der Waals surface area (Å²) in [4.78, 5) is 0. The lowest BCUT2D eigenvalue weighted by atomic mass is 9.74. The standard InChI is InChI=1S/C10H20.C6H14.C2H6/c1-4-10-7-8(2)5-6-9(10)3;1-3-5-6-4-2;1-2/h8-10H,4-7H2,1-3H3;3-6H2,1-2H3;1-2H3. The third-order valence-electron chi connectivity index (χ3n) is 4.11. The third-order valence-corrected chi connectivity index (χ3v) is 4.11. The third kappa shape index (κ3) is 11.1. The molecule has 1 aliphatic carbocycles. The van der Waals surface area contributed by atoms with E-state index in [1.807, 2.05) is 13.8 Å². The average molecular weight is 257 g/mol. The summed E-state index contributed by atoms with van der Waals surface area (Å²) in [7, 11) is 0. The molecule has 0 aromatic rings. The summed E-state index contributed by atoms with van der Waals surface area (Å²) in [5.74, 6) is 3.03. The topological polar surface area (TPSA) is 0 Å². The summed E-state index contributed by atoms with van der Waals surface area (Å²) in [6.45, 7) is 15.6. The Kier molecular flexibility index (Phi) is 17.0. The number of hydrogen-bond donors (Lipinski definition) is 0. The Labute approximate surface area is 118 Å². The molecule has 112 valence electrons. The minimum absolute atomic E-state index is 1.00. The van der Waals surface area contributed by atoms with Gasteiger partial charge in [-0.25, -0.2) is 0 Å². The Bertz CT molecular complexity index is 135. The van der Waals surface area contributed by atoms with Gasteiger partial charge in [0.15, 0.2) is 0 Å². The van der Waals surface area contributed by atoms with Crippen molar-refractivity contribution in [2.75, 3.05) is 0 Å². The van der Waals surface area contributed by atoms with E-state index < -0.39 is 0 Å². The van der Waals surface area contributed by atoms with E-state index >= 15 is 0 Å². The summed E-state index contributed by atoms with van der Waals surface area (Å²) in [5, 5.41) is 0. The van der Waals surface area contributed by atoms with Gasteiger partial charge >= 0.3 is 0 Å². The first kappa shape index (κ1) is 20.3. The van der Waals surface area contributed by atoms with Crippen LogP contribution < -0.4 is 0 Å². The quantitative estimate of drug-likeness (QED) is 0.471. The molecule has 0 saturated heterocycles. The molecule has 0 amide bonds. The van der Waals surface area contributed by atoms with E-state index in [0.717, 1.165) is 17.8 Å². The molecule has 0 bridgehead atoms. The van der Waals surface area contributed by atoms with Crippen LogP contribution in [0, 0.1) is 17.8 Å². The Morgan fingerprint density at radius 2 is 1.33 bits per heavy atom. The highest BCUT2D eigenvalue weighted by Crippen LogP contribution is 2.34. The van der Waals surface area contributed by atoms with E-state index in [4.69, 9.17) is 0 Å². The van der Waals surface area contributed by atoms with Crippen molar-refractivity contribution in [2.45, 2.75) is 99.8 Å². The van der Waals surface area contributed by atoms with E-state index in [0.29, 0.717) is 0 Å². The smallest absolute Gasteiger partial charge is 0.0389 e. The highest BCUT2D eigenvalue weighted by molar-refractivity contribution is 4.74. The summed E-state index contributed by atoms with van der Waals surface area (Å²) in [6, 6.07) is 0. The molecule has 0 N–H and O–H groups in total. The second-order valence-electron chi connectivity index (χ2n) is 5.77. The Balaban J connectivity index is 0. The van der Waals surface area contributed by atoms with Crippen LogP contribution in [0.2, 0.25) is 0 Å². The fourth-order valence-electron chi connectivity index (χ4n) is 2.72. The molecule has 0 nitrogen and oxygen atoms in total. The predicted molar refractivity (Wildman–Crippen MR) is 87.1 cm³/mol. The summed E-state index contributed by atoms with van der Waals surface area (Å²) >= 11 is 0. The number of hydrogen-bond acceptors (Lipinski definition) is 0. The lowest BCUT2D eigenvalue weighted by molar-refractivity contribution is 0.198. The molecule has 0 heterocycles. The van der Waals surface area contributed by atoms with Gasteiger partial charge in [-0.15, -0.1) is 0 Å². The second kappa shape index (κ2) is 15.1. The van der Waals surface area contributed by atoms with Gasteiger partial charge in [0.05, 0.1) is 0 Å². The van der Waals surface area contributed by atoms with Gasteiger partial charge in [0, 0.05) is 0 Å². The van der Waals surface area contributed by atoms with E-state index in [-0.39, 0.29) is 0 Å². The molecule has 1 rings (SSSR count). The maximum atomic E-state index is 2.42. The van der Waals surface area contributed by atoms with E-state index in [2.05, 4.69) is 34.6 Å². The van der Waals surface area contributed by atoms with Gasteiger partial charge in [0.25, 0.3) is 0 Å². The van der Waals surface area contributed by atoms with Crippen LogP contribution in [0.1, 0.15) is 99.8 Å². The second-order valence-corrected chi connectivity index (χ2v) is 5.77. The van der Waals surface area contributed by atoms with Crippen LogP contribution in [0.5, 0.6) is 0 Å². The number of rotatable bonds is 4. The molecule has 0 spiro atoms. The van der Waals surface area contributed by atoms with Gasteiger partial charge in [0.2, 0.25) is 0 Å². The minimum Gasteiger partial charge on any atom is -0.0683 e. The predicted octanol–water partition coefficient (Wildman–Crippen LogP) is 7.08. The molecule has 18 heavy (non-hydrogen) atoms. The fraction of sp³-hybridized carbons (Fsp3) is 1.00. The number of unbranched alkanes of at least 4 members (excludes halogenated alkanes) is 3. The van der Waals surface area contributed by atoms with Crippen molar-refractivity contribution in [3.8, 4) is 0 Å². The molecular formula is C18H40. The maximum absolute atomic E-state index is 2.42. The summed E-state index contributed by atoms with van der Waals surface area (Å²) in [5.41, 5.74) is 0. The molecule has 1 aliphatic rings. The Morgan fingerprint density at radius 1 is 0.833 bits per heavy atom. The van der Waals surface area contributed by atoms with Crippen LogP contribution in [0.25, 0.3) is 0 Å². The Morgan fingerprint density at radius 3 is 1.67 bits per heavy atom. The van der Waals surface area contributed by atoms with Crippen molar-refractivity contribution >= 4 is 0 Å². The van der Waals surface area contributed by atoms with E-state index in [9.17, 15) is 0 Å². The highest BCUT2D eigenvalue weighted by atomic mass is 14.3. The van der Waals surface area contributed by atoms with Crippen LogP contribution in [0.4, 0.5) is 0 Å². The fourth-order valence-corrected chi connectivity index (χ4v) is 2.72. The zero-order valence-electron chi connectivity index (χ0n) is 14.4. The molecule has 0 aliphatic heterocycles. The molecule has 0 aromatic carbocycles. The van der Waals surface area contributed by atoms with Crippen molar-refractivity contribution in [3.05, 3.63) is 0 Å². The van der Waals surface area contributed by atoms with Crippen molar-refractivity contribution in [1.29, 1.82) is 0 Å². The van der Waals surface area contributed by atoms with Gasteiger partial charge in [-0.3, -0.25) is 0 Å². The average Bonchev–Trinajstić information content (AvgIpc) is 2.42. The first-order chi connectivity index (χ1) is 8.65. The molecule has 3 atom stereocenters. The van der Waals surface area contributed by atoms with Crippen LogP contribution in [0.3, 0.4) is 0 Å². The normalized spacial score (nSPS) is 26.5. The maximum Gasteiger partial charge on any atom is -0.0389 e. The zero-order chi connectivity index (χ0) is 14.4. The van der Waals surface area contributed by atoms with Crippen molar-refractivity contribution < 1.29 is 0 Å². The van der Waals surface area contributed by atoms with Crippen molar-refractivity contribution in [2.24, 2.45) is 17.8 Å². The largest absolute Gasteiger partial charge is 0.0683 e. The van der Waals surface area contributed by atoms with Gasteiger partial charge in [-0.05, 0) is 24.2 Å². The first-order valence-electron chi connectivity index (χ1n) is 8.65. The molecule has 0 heteroatoms. The minimum atomic E-state index is 1.00. The zero-order valence-corrected chi connectivity index (χ0v) is 14.4. The monoisotopic (exact) mass is 256 g/mol. The van der Waals surface area contributed by atoms with Gasteiger partial charge in [-0.2, -0.15) is 0 Å².